The maximum atomic E-state index is 12.7. The highest BCUT2D eigenvalue weighted by molar-refractivity contribution is 5.76. The summed E-state index contributed by atoms with van der Waals surface area (Å²) in [5, 5.41) is 2.82. The minimum absolute atomic E-state index is 0.0578. The van der Waals surface area contributed by atoms with Crippen molar-refractivity contribution in [1.29, 1.82) is 0 Å². The molecule has 0 aliphatic carbocycles. The number of amides is 1. The van der Waals surface area contributed by atoms with E-state index in [-0.39, 0.29) is 30.9 Å². The summed E-state index contributed by atoms with van der Waals surface area (Å²) in [6.45, 7) is 1.63. The fourth-order valence-electron chi connectivity index (χ4n) is 1.91. The molecule has 0 saturated carbocycles. The molecule has 0 bridgehead atoms. The number of benzene rings is 1. The average Bonchev–Trinajstić information content (AvgIpc) is 2.92. The number of carbonyl (C=O) groups excluding carboxylic acids is 1. The van der Waals surface area contributed by atoms with Gasteiger partial charge < -0.3 is 14.8 Å². The van der Waals surface area contributed by atoms with Gasteiger partial charge >= 0.3 is 0 Å². The van der Waals surface area contributed by atoms with Gasteiger partial charge in [-0.15, -0.1) is 0 Å². The van der Waals surface area contributed by atoms with Gasteiger partial charge in [0.2, 0.25) is 5.91 Å². The van der Waals surface area contributed by atoms with E-state index in [9.17, 15) is 9.18 Å². The summed E-state index contributed by atoms with van der Waals surface area (Å²) in [7, 11) is 0. The van der Waals surface area contributed by atoms with Crippen molar-refractivity contribution in [3.05, 3.63) is 30.1 Å². The standard InChI is InChI=1S/C14H18FNO3/c15-11-3-5-12(6-4-11)19-9-7-14(17)16-10-13-2-1-8-18-13/h3-6,13H,1-2,7-10H2,(H,16,17). The number of hydrogen-bond donors (Lipinski definition) is 1. The van der Waals surface area contributed by atoms with E-state index < -0.39 is 0 Å². The van der Waals surface area contributed by atoms with E-state index in [0.29, 0.717) is 12.3 Å². The lowest BCUT2D eigenvalue weighted by Gasteiger charge is -2.11. The van der Waals surface area contributed by atoms with Crippen LogP contribution in [0.15, 0.2) is 24.3 Å². The summed E-state index contributed by atoms with van der Waals surface area (Å²) in [5.41, 5.74) is 0. The van der Waals surface area contributed by atoms with Crippen molar-refractivity contribution in [1.82, 2.24) is 5.32 Å². The number of carbonyl (C=O) groups is 1. The average molecular weight is 267 g/mol. The Morgan fingerprint density at radius 1 is 1.42 bits per heavy atom. The zero-order chi connectivity index (χ0) is 13.5. The molecule has 1 aliphatic rings. The highest BCUT2D eigenvalue weighted by Gasteiger charge is 2.15. The lowest BCUT2D eigenvalue weighted by atomic mass is 10.2. The molecule has 5 heteroatoms. The molecule has 1 unspecified atom stereocenters. The van der Waals surface area contributed by atoms with Gasteiger partial charge in [0.25, 0.3) is 0 Å². The van der Waals surface area contributed by atoms with Crippen LogP contribution in [0, 0.1) is 5.82 Å². The molecule has 0 spiro atoms. The molecule has 1 fully saturated rings. The molecule has 1 N–H and O–H groups in total. The van der Waals surface area contributed by atoms with E-state index >= 15 is 0 Å². The minimum Gasteiger partial charge on any atom is -0.493 e. The first-order valence-corrected chi connectivity index (χ1v) is 6.51. The fraction of sp³-hybridized carbons (Fsp3) is 0.500. The van der Waals surface area contributed by atoms with Gasteiger partial charge in [0.15, 0.2) is 0 Å². The first-order valence-electron chi connectivity index (χ1n) is 6.51. The molecule has 0 radical (unpaired) electrons. The first-order chi connectivity index (χ1) is 9.24. The van der Waals surface area contributed by atoms with Crippen LogP contribution < -0.4 is 10.1 Å². The van der Waals surface area contributed by atoms with Crippen molar-refractivity contribution in [2.24, 2.45) is 0 Å². The quantitative estimate of drug-likeness (QED) is 0.856. The Morgan fingerprint density at radius 2 is 2.21 bits per heavy atom. The van der Waals surface area contributed by atoms with Gasteiger partial charge in [0.05, 0.1) is 19.1 Å². The predicted octanol–water partition coefficient (Wildman–Crippen LogP) is 1.89. The van der Waals surface area contributed by atoms with Crippen LogP contribution in [0.4, 0.5) is 4.39 Å². The molecule has 19 heavy (non-hydrogen) atoms. The summed E-state index contributed by atoms with van der Waals surface area (Å²) in [5.74, 6) is 0.201. The molecule has 1 atom stereocenters. The molecule has 2 rings (SSSR count). The second kappa shape index (κ2) is 7.09. The lowest BCUT2D eigenvalue weighted by Crippen LogP contribution is -2.32. The monoisotopic (exact) mass is 267 g/mol. The van der Waals surface area contributed by atoms with Gasteiger partial charge in [-0.05, 0) is 37.1 Å². The Kier molecular flexibility index (Phi) is 5.15. The van der Waals surface area contributed by atoms with Gasteiger partial charge in [-0.2, -0.15) is 0 Å². The van der Waals surface area contributed by atoms with Crippen LogP contribution in [-0.4, -0.2) is 31.8 Å². The molecule has 1 heterocycles. The minimum atomic E-state index is -0.304. The Balaban J connectivity index is 1.59. The van der Waals surface area contributed by atoms with Crippen molar-refractivity contribution >= 4 is 5.91 Å². The van der Waals surface area contributed by atoms with E-state index in [2.05, 4.69) is 5.32 Å². The molecule has 4 nitrogen and oxygen atoms in total. The highest BCUT2D eigenvalue weighted by Crippen LogP contribution is 2.12. The Morgan fingerprint density at radius 3 is 2.89 bits per heavy atom. The van der Waals surface area contributed by atoms with E-state index in [1.807, 2.05) is 0 Å². The van der Waals surface area contributed by atoms with Gasteiger partial charge in [-0.1, -0.05) is 0 Å². The number of hydrogen-bond acceptors (Lipinski definition) is 3. The maximum absolute atomic E-state index is 12.7. The molecule has 1 aliphatic heterocycles. The number of halogens is 1. The number of nitrogens with one attached hydrogen (secondary N) is 1. The van der Waals surface area contributed by atoms with Crippen molar-refractivity contribution in [2.75, 3.05) is 19.8 Å². The Bertz CT molecular complexity index is 402. The molecule has 104 valence electrons. The fourth-order valence-corrected chi connectivity index (χ4v) is 1.91. The van der Waals surface area contributed by atoms with Crippen molar-refractivity contribution in [2.45, 2.75) is 25.4 Å². The first kappa shape index (κ1) is 13.8. The van der Waals surface area contributed by atoms with E-state index in [4.69, 9.17) is 9.47 Å². The zero-order valence-electron chi connectivity index (χ0n) is 10.7. The van der Waals surface area contributed by atoms with Gasteiger partial charge in [-0.3, -0.25) is 4.79 Å². The lowest BCUT2D eigenvalue weighted by molar-refractivity contribution is -0.122. The predicted molar refractivity (Wildman–Crippen MR) is 68.5 cm³/mol. The van der Waals surface area contributed by atoms with Gasteiger partial charge in [-0.25, -0.2) is 4.39 Å². The molecular weight excluding hydrogens is 249 g/mol. The molecule has 1 amide bonds. The molecule has 1 aromatic rings. The van der Waals surface area contributed by atoms with E-state index in [1.54, 1.807) is 12.1 Å². The SMILES string of the molecule is O=C(CCOc1ccc(F)cc1)NCC1CCCO1. The zero-order valence-corrected chi connectivity index (χ0v) is 10.7. The van der Waals surface area contributed by atoms with Crippen molar-refractivity contribution in [3.63, 3.8) is 0 Å². The smallest absolute Gasteiger partial charge is 0.223 e. The Labute approximate surface area is 111 Å². The topological polar surface area (TPSA) is 47.6 Å². The summed E-state index contributed by atoms with van der Waals surface area (Å²) < 4.78 is 23.4. The third-order valence-electron chi connectivity index (χ3n) is 2.96. The van der Waals surface area contributed by atoms with Crippen LogP contribution in [0.2, 0.25) is 0 Å². The second-order valence-electron chi connectivity index (χ2n) is 4.49. The summed E-state index contributed by atoms with van der Waals surface area (Å²) >= 11 is 0. The van der Waals surface area contributed by atoms with Crippen LogP contribution in [0.5, 0.6) is 5.75 Å². The Hall–Kier alpha value is -1.62. The van der Waals surface area contributed by atoms with Crippen molar-refractivity contribution in [3.8, 4) is 5.75 Å². The van der Waals surface area contributed by atoms with Gasteiger partial charge in [0, 0.05) is 13.2 Å². The van der Waals surface area contributed by atoms with Crippen LogP contribution in [0.25, 0.3) is 0 Å². The maximum Gasteiger partial charge on any atom is 0.223 e. The molecule has 1 saturated heterocycles. The van der Waals surface area contributed by atoms with Crippen LogP contribution in [0.3, 0.4) is 0 Å². The third-order valence-corrected chi connectivity index (χ3v) is 2.96. The normalized spacial score (nSPS) is 18.3. The van der Waals surface area contributed by atoms with E-state index in [1.165, 1.54) is 12.1 Å². The van der Waals surface area contributed by atoms with Crippen LogP contribution in [-0.2, 0) is 9.53 Å². The second-order valence-corrected chi connectivity index (χ2v) is 4.49. The summed E-state index contributed by atoms with van der Waals surface area (Å²) in [6, 6.07) is 5.74. The summed E-state index contributed by atoms with van der Waals surface area (Å²) in [4.78, 5) is 11.5. The number of rotatable bonds is 6. The van der Waals surface area contributed by atoms with Gasteiger partial charge in [0.1, 0.15) is 11.6 Å². The molecule has 0 aromatic heterocycles. The molecular formula is C14H18FNO3. The summed E-state index contributed by atoms with van der Waals surface area (Å²) in [6.07, 6.45) is 2.51. The largest absolute Gasteiger partial charge is 0.493 e. The van der Waals surface area contributed by atoms with Crippen LogP contribution >= 0.6 is 0 Å². The number of ether oxygens (including phenoxy) is 2. The van der Waals surface area contributed by atoms with Crippen LogP contribution in [0.1, 0.15) is 19.3 Å². The van der Waals surface area contributed by atoms with Crippen molar-refractivity contribution < 1.29 is 18.7 Å². The van der Waals surface area contributed by atoms with E-state index in [0.717, 1.165) is 19.4 Å². The third kappa shape index (κ3) is 4.87. The molecule has 1 aromatic carbocycles. The highest BCUT2D eigenvalue weighted by atomic mass is 19.1.